The van der Waals surface area contributed by atoms with Crippen LogP contribution in [0.3, 0.4) is 0 Å². The standard InChI is InChI=1S/C20H22ClFN2O3/c1-12(20(25)23-17-5-4-15(22)10-16(17)21)24-7-6-13-8-18(26-2)19(27-3)9-14(13)11-24/h4-5,8-10,12H,6-7,11H2,1-3H3,(H,23,25)/p+1/t12-/m0/s1. The minimum atomic E-state index is -0.436. The normalized spacial score (nSPS) is 17.0. The van der Waals surface area contributed by atoms with E-state index in [-0.39, 0.29) is 17.0 Å². The van der Waals surface area contributed by atoms with E-state index in [4.69, 9.17) is 21.1 Å². The number of quaternary nitrogens is 1. The molecule has 0 spiro atoms. The van der Waals surface area contributed by atoms with E-state index in [0.29, 0.717) is 18.0 Å². The second-order valence-corrected chi connectivity index (χ2v) is 7.05. The van der Waals surface area contributed by atoms with E-state index in [1.807, 2.05) is 19.1 Å². The zero-order valence-electron chi connectivity index (χ0n) is 15.6. The number of nitrogens with one attached hydrogen (secondary N) is 2. The molecule has 1 heterocycles. The van der Waals surface area contributed by atoms with Gasteiger partial charge < -0.3 is 19.7 Å². The van der Waals surface area contributed by atoms with Crippen molar-refractivity contribution in [2.75, 3.05) is 26.1 Å². The average Bonchev–Trinajstić information content (AvgIpc) is 2.67. The Morgan fingerprint density at radius 3 is 2.48 bits per heavy atom. The number of methoxy groups -OCH3 is 2. The van der Waals surface area contributed by atoms with Gasteiger partial charge in [-0.05, 0) is 42.8 Å². The van der Waals surface area contributed by atoms with Gasteiger partial charge in [0.1, 0.15) is 12.4 Å². The number of hydrogen-bond acceptors (Lipinski definition) is 3. The summed E-state index contributed by atoms with van der Waals surface area (Å²) in [4.78, 5) is 13.8. The van der Waals surface area contributed by atoms with Crippen molar-refractivity contribution in [3.63, 3.8) is 0 Å². The van der Waals surface area contributed by atoms with Crippen molar-refractivity contribution >= 4 is 23.2 Å². The van der Waals surface area contributed by atoms with Crippen LogP contribution in [0.2, 0.25) is 5.02 Å². The Labute approximate surface area is 163 Å². The molecule has 0 bridgehead atoms. The van der Waals surface area contributed by atoms with E-state index in [2.05, 4.69) is 5.32 Å². The van der Waals surface area contributed by atoms with Crippen LogP contribution in [0.1, 0.15) is 18.1 Å². The van der Waals surface area contributed by atoms with Gasteiger partial charge in [-0.2, -0.15) is 0 Å². The van der Waals surface area contributed by atoms with Crippen LogP contribution in [0.4, 0.5) is 10.1 Å². The van der Waals surface area contributed by atoms with Gasteiger partial charge in [-0.3, -0.25) is 4.79 Å². The van der Waals surface area contributed by atoms with Crippen molar-refractivity contribution in [3.05, 3.63) is 52.3 Å². The van der Waals surface area contributed by atoms with Gasteiger partial charge in [-0.1, -0.05) is 11.6 Å². The Morgan fingerprint density at radius 1 is 1.19 bits per heavy atom. The Kier molecular flexibility index (Phi) is 5.87. The fourth-order valence-corrected chi connectivity index (χ4v) is 3.59. The summed E-state index contributed by atoms with van der Waals surface area (Å²) in [7, 11) is 3.23. The highest BCUT2D eigenvalue weighted by molar-refractivity contribution is 6.33. The molecule has 0 radical (unpaired) electrons. The molecule has 2 atom stereocenters. The number of carbonyl (C=O) groups is 1. The molecule has 7 heteroatoms. The zero-order valence-corrected chi connectivity index (χ0v) is 16.3. The maximum Gasteiger partial charge on any atom is 0.282 e. The van der Waals surface area contributed by atoms with Gasteiger partial charge in [0.15, 0.2) is 17.5 Å². The van der Waals surface area contributed by atoms with Crippen molar-refractivity contribution in [2.45, 2.75) is 25.9 Å². The largest absolute Gasteiger partial charge is 0.493 e. The topological polar surface area (TPSA) is 52.0 Å². The molecule has 3 rings (SSSR count). The van der Waals surface area contributed by atoms with Crippen molar-refractivity contribution in [1.82, 2.24) is 0 Å². The summed E-state index contributed by atoms with van der Waals surface area (Å²) in [6.07, 6.45) is 0.847. The van der Waals surface area contributed by atoms with Crippen LogP contribution in [0.25, 0.3) is 0 Å². The summed E-state index contributed by atoms with van der Waals surface area (Å²) in [5, 5.41) is 2.98. The lowest BCUT2D eigenvalue weighted by Gasteiger charge is -2.30. The van der Waals surface area contributed by atoms with E-state index in [0.717, 1.165) is 29.2 Å². The van der Waals surface area contributed by atoms with E-state index in [9.17, 15) is 9.18 Å². The SMILES string of the molecule is COc1cc2c(cc1OC)C[NH+]([C@@H](C)C(=O)Nc1ccc(F)cc1Cl)CC2. The number of hydrogen-bond donors (Lipinski definition) is 2. The molecule has 0 saturated carbocycles. The van der Waals surface area contributed by atoms with Gasteiger partial charge in [0.05, 0.1) is 31.5 Å². The Bertz CT molecular complexity index is 859. The highest BCUT2D eigenvalue weighted by atomic mass is 35.5. The molecule has 0 saturated heterocycles. The zero-order chi connectivity index (χ0) is 19.6. The summed E-state index contributed by atoms with van der Waals surface area (Å²) < 4.78 is 23.9. The molecule has 0 aromatic heterocycles. The van der Waals surface area contributed by atoms with Crippen LogP contribution >= 0.6 is 11.6 Å². The van der Waals surface area contributed by atoms with Crippen LogP contribution in [-0.2, 0) is 17.8 Å². The summed E-state index contributed by atoms with van der Waals surface area (Å²) in [5.41, 5.74) is 2.78. The van der Waals surface area contributed by atoms with Gasteiger partial charge in [0, 0.05) is 12.0 Å². The maximum absolute atomic E-state index is 13.2. The summed E-state index contributed by atoms with van der Waals surface area (Å²) in [5.74, 6) is 0.820. The van der Waals surface area contributed by atoms with Gasteiger partial charge in [0.2, 0.25) is 0 Å². The van der Waals surface area contributed by atoms with Gasteiger partial charge in [-0.25, -0.2) is 4.39 Å². The molecular weight excluding hydrogens is 371 g/mol. The molecule has 144 valence electrons. The van der Waals surface area contributed by atoms with Crippen molar-refractivity contribution < 1.29 is 23.6 Å². The smallest absolute Gasteiger partial charge is 0.282 e. The van der Waals surface area contributed by atoms with Crippen molar-refractivity contribution in [3.8, 4) is 11.5 Å². The van der Waals surface area contributed by atoms with Gasteiger partial charge >= 0.3 is 0 Å². The van der Waals surface area contributed by atoms with E-state index < -0.39 is 5.82 Å². The first kappa shape index (κ1) is 19.5. The lowest BCUT2D eigenvalue weighted by Crippen LogP contribution is -3.16. The quantitative estimate of drug-likeness (QED) is 0.820. The van der Waals surface area contributed by atoms with E-state index >= 15 is 0 Å². The Balaban J connectivity index is 1.73. The minimum Gasteiger partial charge on any atom is -0.493 e. The first-order chi connectivity index (χ1) is 12.9. The second-order valence-electron chi connectivity index (χ2n) is 6.65. The van der Waals surface area contributed by atoms with Crippen LogP contribution in [-0.4, -0.2) is 32.7 Å². The summed E-state index contributed by atoms with van der Waals surface area (Å²) >= 11 is 6.01. The molecule has 2 N–H and O–H groups in total. The first-order valence-corrected chi connectivity index (χ1v) is 9.15. The number of anilines is 1. The van der Waals surface area contributed by atoms with Crippen molar-refractivity contribution in [2.24, 2.45) is 0 Å². The van der Waals surface area contributed by atoms with Gasteiger partial charge in [-0.15, -0.1) is 0 Å². The fraction of sp³-hybridized carbons (Fsp3) is 0.350. The third-order valence-corrected chi connectivity index (χ3v) is 5.35. The Hall–Kier alpha value is -2.31. The van der Waals surface area contributed by atoms with Crippen LogP contribution in [0.5, 0.6) is 11.5 Å². The van der Waals surface area contributed by atoms with Crippen LogP contribution in [0.15, 0.2) is 30.3 Å². The number of benzene rings is 2. The predicted molar refractivity (Wildman–Crippen MR) is 102 cm³/mol. The third kappa shape index (κ3) is 4.17. The lowest BCUT2D eigenvalue weighted by atomic mass is 9.97. The molecule has 2 aromatic carbocycles. The minimum absolute atomic E-state index is 0.151. The highest BCUT2D eigenvalue weighted by Gasteiger charge is 2.30. The van der Waals surface area contributed by atoms with E-state index in [1.54, 1.807) is 14.2 Å². The summed E-state index contributed by atoms with van der Waals surface area (Å²) in [6.45, 7) is 3.42. The number of rotatable bonds is 5. The predicted octanol–water partition coefficient (Wildman–Crippen LogP) is 2.46. The van der Waals surface area contributed by atoms with Crippen molar-refractivity contribution in [1.29, 1.82) is 0 Å². The third-order valence-electron chi connectivity index (χ3n) is 5.03. The lowest BCUT2D eigenvalue weighted by molar-refractivity contribution is -0.929. The molecule has 1 unspecified atom stereocenters. The molecule has 0 fully saturated rings. The molecule has 2 aromatic rings. The summed E-state index contributed by atoms with van der Waals surface area (Å²) in [6, 6.07) is 7.64. The number of carbonyl (C=O) groups excluding carboxylic acids is 1. The van der Waals surface area contributed by atoms with E-state index in [1.165, 1.54) is 23.8 Å². The molecule has 1 aliphatic heterocycles. The fourth-order valence-electron chi connectivity index (χ4n) is 3.38. The number of fused-ring (bicyclic) bond motifs is 1. The number of amides is 1. The molecule has 5 nitrogen and oxygen atoms in total. The Morgan fingerprint density at radius 2 is 1.85 bits per heavy atom. The number of halogens is 2. The van der Waals surface area contributed by atoms with Gasteiger partial charge in [0.25, 0.3) is 5.91 Å². The monoisotopic (exact) mass is 393 g/mol. The first-order valence-electron chi connectivity index (χ1n) is 8.77. The molecule has 27 heavy (non-hydrogen) atoms. The molecular formula is C20H23ClFN2O3+. The van der Waals surface area contributed by atoms with Crippen LogP contribution < -0.4 is 19.7 Å². The average molecular weight is 394 g/mol. The highest BCUT2D eigenvalue weighted by Crippen LogP contribution is 2.31. The maximum atomic E-state index is 13.2. The molecule has 1 aliphatic rings. The number of ether oxygens (including phenoxy) is 2. The van der Waals surface area contributed by atoms with Crippen LogP contribution in [0, 0.1) is 5.82 Å². The molecule has 0 aliphatic carbocycles. The second kappa shape index (κ2) is 8.15. The molecule has 1 amide bonds.